The Morgan fingerprint density at radius 2 is 1.74 bits per heavy atom. The van der Waals surface area contributed by atoms with Crippen LogP contribution in [0, 0.1) is 6.92 Å². The number of aromatic nitrogens is 4. The topological polar surface area (TPSA) is 62.0 Å². The predicted octanol–water partition coefficient (Wildman–Crippen LogP) is 3.48. The minimum absolute atomic E-state index is 0.704. The average Bonchev–Trinajstić information content (AvgIpc) is 3.31. The first kappa shape index (κ1) is 22.2. The summed E-state index contributed by atoms with van der Waals surface area (Å²) in [5, 5.41) is 5.86. The molecule has 0 atom stereocenters. The Balaban J connectivity index is 1.24. The summed E-state index contributed by atoms with van der Waals surface area (Å²) in [4.78, 5) is 16.9. The Kier molecular flexibility index (Phi) is 5.78. The van der Waals surface area contributed by atoms with Crippen LogP contribution in [-0.2, 0) is 0 Å². The molecule has 0 spiro atoms. The number of methoxy groups -OCH3 is 1. The van der Waals surface area contributed by atoms with Crippen LogP contribution in [-0.4, -0.2) is 88.8 Å². The first-order valence-electron chi connectivity index (χ1n) is 12.6. The van der Waals surface area contributed by atoms with E-state index in [2.05, 4.69) is 44.9 Å². The molecule has 2 fully saturated rings. The van der Waals surface area contributed by atoms with Gasteiger partial charge in [-0.15, -0.1) is 0 Å². The number of fused-ring (bicyclic) bond motifs is 2. The van der Waals surface area contributed by atoms with Crippen LogP contribution in [0.3, 0.4) is 0 Å². The van der Waals surface area contributed by atoms with Crippen LogP contribution in [0.25, 0.3) is 27.8 Å². The lowest BCUT2D eigenvalue weighted by atomic mass is 10.0. The van der Waals surface area contributed by atoms with Crippen molar-refractivity contribution in [3.05, 3.63) is 48.4 Å². The van der Waals surface area contributed by atoms with E-state index in [4.69, 9.17) is 14.8 Å². The van der Waals surface area contributed by atoms with Crippen LogP contribution in [0.4, 0.5) is 5.69 Å². The van der Waals surface area contributed by atoms with E-state index >= 15 is 0 Å². The van der Waals surface area contributed by atoms with E-state index in [1.807, 2.05) is 36.1 Å². The Morgan fingerprint density at radius 3 is 2.51 bits per heavy atom. The molecule has 0 aliphatic carbocycles. The summed E-state index contributed by atoms with van der Waals surface area (Å²) in [7, 11) is 3.93. The second kappa shape index (κ2) is 9.09. The molecule has 5 heterocycles. The van der Waals surface area contributed by atoms with Gasteiger partial charge in [-0.3, -0.25) is 9.88 Å². The van der Waals surface area contributed by atoms with E-state index < -0.39 is 0 Å². The van der Waals surface area contributed by atoms with Crippen molar-refractivity contribution >= 4 is 22.2 Å². The largest absolute Gasteiger partial charge is 0.496 e. The Labute approximate surface area is 206 Å². The third kappa shape index (κ3) is 4.10. The lowest BCUT2D eigenvalue weighted by Gasteiger charge is -2.42. The van der Waals surface area contributed by atoms with Crippen molar-refractivity contribution in [1.82, 2.24) is 29.4 Å². The van der Waals surface area contributed by atoms with Crippen molar-refractivity contribution < 1.29 is 4.74 Å². The zero-order valence-corrected chi connectivity index (χ0v) is 20.8. The first-order chi connectivity index (χ1) is 17.1. The maximum absolute atomic E-state index is 5.57. The van der Waals surface area contributed by atoms with Gasteiger partial charge in [-0.25, -0.2) is 9.50 Å². The van der Waals surface area contributed by atoms with Crippen molar-refractivity contribution in [3.8, 4) is 17.0 Å². The lowest BCUT2D eigenvalue weighted by Crippen LogP contribution is -2.52. The molecule has 8 heteroatoms. The highest BCUT2D eigenvalue weighted by Gasteiger charge is 2.27. The van der Waals surface area contributed by atoms with Gasteiger partial charge >= 0.3 is 0 Å². The van der Waals surface area contributed by atoms with Crippen LogP contribution in [0.15, 0.2) is 42.9 Å². The molecule has 2 aliphatic heterocycles. The van der Waals surface area contributed by atoms with Gasteiger partial charge in [-0.2, -0.15) is 5.10 Å². The monoisotopic (exact) mass is 471 g/mol. The molecule has 1 aromatic carbocycles. The van der Waals surface area contributed by atoms with Crippen molar-refractivity contribution in [2.75, 3.05) is 58.3 Å². The van der Waals surface area contributed by atoms with Crippen LogP contribution in [0.2, 0.25) is 0 Å². The van der Waals surface area contributed by atoms with Gasteiger partial charge < -0.3 is 14.5 Å². The molecule has 2 aliphatic rings. The molecular formula is C27H33N7O. The number of pyridine rings is 1. The van der Waals surface area contributed by atoms with Gasteiger partial charge in [0.15, 0.2) is 5.65 Å². The molecule has 0 amide bonds. The standard InChI is InChI=1S/C27H33N7O/c1-19-14-24-23(16-26(19)35-3)22(4-7-28-24)25-18-29-27-15-21(17-30-34(25)27)32-8-5-20(6-9-32)33-12-10-31(2)11-13-33/h4,7,14-18,20H,5-6,8-13H2,1-3H3. The van der Waals surface area contributed by atoms with Crippen molar-refractivity contribution in [2.24, 2.45) is 0 Å². The molecule has 0 bridgehead atoms. The third-order valence-electron chi connectivity index (χ3n) is 7.76. The van der Waals surface area contributed by atoms with Crippen LogP contribution in [0.1, 0.15) is 18.4 Å². The quantitative estimate of drug-likeness (QED) is 0.452. The molecule has 0 N–H and O–H groups in total. The van der Waals surface area contributed by atoms with Gasteiger partial charge in [0.05, 0.1) is 36.4 Å². The van der Waals surface area contributed by atoms with E-state index in [9.17, 15) is 0 Å². The predicted molar refractivity (Wildman–Crippen MR) is 139 cm³/mol. The lowest BCUT2D eigenvalue weighted by molar-refractivity contribution is 0.0982. The average molecular weight is 472 g/mol. The number of anilines is 1. The molecule has 2 saturated heterocycles. The van der Waals surface area contributed by atoms with Crippen LogP contribution >= 0.6 is 0 Å². The summed E-state index contributed by atoms with van der Waals surface area (Å²) in [5.74, 6) is 0.857. The number of benzene rings is 1. The first-order valence-corrected chi connectivity index (χ1v) is 12.6. The summed E-state index contributed by atoms with van der Waals surface area (Å²) in [6.07, 6.45) is 8.16. The Morgan fingerprint density at radius 1 is 0.943 bits per heavy atom. The number of rotatable bonds is 4. The molecule has 8 nitrogen and oxygen atoms in total. The highest BCUT2D eigenvalue weighted by atomic mass is 16.5. The van der Waals surface area contributed by atoms with E-state index in [0.29, 0.717) is 6.04 Å². The third-order valence-corrected chi connectivity index (χ3v) is 7.76. The van der Waals surface area contributed by atoms with Gasteiger partial charge in [0.1, 0.15) is 5.75 Å². The maximum atomic E-state index is 5.57. The molecule has 4 aromatic rings. The van der Waals surface area contributed by atoms with Crippen LogP contribution < -0.4 is 9.64 Å². The highest BCUT2D eigenvalue weighted by molar-refractivity contribution is 5.95. The highest BCUT2D eigenvalue weighted by Crippen LogP contribution is 2.33. The van der Waals surface area contributed by atoms with Crippen molar-refractivity contribution in [2.45, 2.75) is 25.8 Å². The normalized spacial score (nSPS) is 18.5. The van der Waals surface area contributed by atoms with Gasteiger partial charge in [0, 0.05) is 68.5 Å². The summed E-state index contributed by atoms with van der Waals surface area (Å²) >= 11 is 0. The number of piperidine rings is 1. The van der Waals surface area contributed by atoms with Crippen molar-refractivity contribution in [3.63, 3.8) is 0 Å². The number of hydrogen-bond donors (Lipinski definition) is 0. The smallest absolute Gasteiger partial charge is 0.156 e. The number of piperazine rings is 1. The molecule has 6 rings (SSSR count). The molecular weight excluding hydrogens is 438 g/mol. The number of hydrogen-bond acceptors (Lipinski definition) is 7. The number of nitrogens with zero attached hydrogens (tertiary/aromatic N) is 7. The molecule has 3 aromatic heterocycles. The van der Waals surface area contributed by atoms with Gasteiger partial charge in [-0.05, 0) is 50.6 Å². The number of imidazole rings is 1. The van der Waals surface area contributed by atoms with Gasteiger partial charge in [0.25, 0.3) is 0 Å². The van der Waals surface area contributed by atoms with E-state index in [-0.39, 0.29) is 0 Å². The SMILES string of the molecule is COc1cc2c(-c3cnc4cc(N5CCC(N6CCN(C)CC6)CC5)cnn34)ccnc2cc1C. The van der Waals surface area contributed by atoms with E-state index in [0.717, 1.165) is 57.9 Å². The van der Waals surface area contributed by atoms with Crippen molar-refractivity contribution in [1.29, 1.82) is 0 Å². The molecule has 0 unspecified atom stereocenters. The minimum Gasteiger partial charge on any atom is -0.496 e. The molecule has 0 saturated carbocycles. The molecule has 182 valence electrons. The van der Waals surface area contributed by atoms with Gasteiger partial charge in [0.2, 0.25) is 0 Å². The summed E-state index contributed by atoms with van der Waals surface area (Å²) in [6.45, 7) is 8.93. The number of aryl methyl sites for hydroxylation is 1. The summed E-state index contributed by atoms with van der Waals surface area (Å²) < 4.78 is 7.50. The fourth-order valence-electron chi connectivity index (χ4n) is 5.62. The zero-order chi connectivity index (χ0) is 23.9. The maximum Gasteiger partial charge on any atom is 0.156 e. The summed E-state index contributed by atoms with van der Waals surface area (Å²) in [5.41, 5.74) is 6.04. The molecule has 35 heavy (non-hydrogen) atoms. The zero-order valence-electron chi connectivity index (χ0n) is 20.8. The minimum atomic E-state index is 0.704. The second-order valence-corrected chi connectivity index (χ2v) is 9.88. The molecule has 0 radical (unpaired) electrons. The van der Waals surface area contributed by atoms with E-state index in [1.165, 1.54) is 39.0 Å². The number of likely N-dealkylation sites (N-methyl/N-ethyl adjacent to an activating group) is 1. The second-order valence-electron chi connectivity index (χ2n) is 9.88. The van der Waals surface area contributed by atoms with E-state index in [1.54, 1.807) is 7.11 Å². The Bertz CT molecular complexity index is 1350. The number of ether oxygens (including phenoxy) is 1. The van der Waals surface area contributed by atoms with Gasteiger partial charge in [-0.1, -0.05) is 0 Å². The Hall–Kier alpha value is -3.23. The fraction of sp³-hybridized carbons (Fsp3) is 0.444. The fourth-order valence-corrected chi connectivity index (χ4v) is 5.62. The summed E-state index contributed by atoms with van der Waals surface area (Å²) in [6, 6.07) is 9.03. The van der Waals surface area contributed by atoms with Crippen LogP contribution in [0.5, 0.6) is 5.75 Å².